The van der Waals surface area contributed by atoms with Crippen LogP contribution >= 0.6 is 0 Å². The van der Waals surface area contributed by atoms with Crippen molar-refractivity contribution >= 4 is 0 Å². The smallest absolute Gasteiger partial charge is 0.0947 e. The summed E-state index contributed by atoms with van der Waals surface area (Å²) in [6, 6.07) is 142. The normalized spacial score (nSPS) is 12.0. The first kappa shape index (κ1) is 70.1. The van der Waals surface area contributed by atoms with E-state index in [2.05, 4.69) is 419 Å². The summed E-state index contributed by atoms with van der Waals surface area (Å²) < 4.78 is 0. The van der Waals surface area contributed by atoms with Crippen LogP contribution in [0.1, 0.15) is 104 Å². The largest absolute Gasteiger partial charge is 0.300 e. The van der Waals surface area contributed by atoms with Gasteiger partial charge in [0.05, 0.1) is 22.2 Å². The van der Waals surface area contributed by atoms with Crippen LogP contribution in [0.2, 0.25) is 0 Å². The second-order valence-electron chi connectivity index (χ2n) is 26.9. The van der Waals surface area contributed by atoms with Gasteiger partial charge in [0.2, 0.25) is 0 Å². The number of benzene rings is 13. The average Bonchev–Trinajstić information content (AvgIpc) is 0.782. The van der Waals surface area contributed by atoms with Crippen molar-refractivity contribution in [1.29, 1.82) is 0 Å². The second-order valence-corrected chi connectivity index (χ2v) is 26.9. The van der Waals surface area contributed by atoms with E-state index in [1.54, 1.807) is 0 Å². The molecule has 510 valence electrons. The predicted octanol–water partition coefficient (Wildman–Crippen LogP) is 19.2. The molecule has 102 heavy (non-hydrogen) atoms. The minimum atomic E-state index is -0.543. The Hall–Kier alpha value is -10.4. The van der Waals surface area contributed by atoms with Gasteiger partial charge in [-0.25, -0.2) is 0 Å². The van der Waals surface area contributed by atoms with Crippen molar-refractivity contribution in [3.8, 4) is 0 Å². The van der Waals surface area contributed by atoms with Crippen LogP contribution in [0.3, 0.4) is 0 Å². The molecule has 13 aromatic rings. The van der Waals surface area contributed by atoms with Gasteiger partial charge < -0.3 is 0 Å². The Morgan fingerprint density at radius 2 is 0.294 bits per heavy atom. The fourth-order valence-electron chi connectivity index (χ4n) is 15.6. The highest BCUT2D eigenvalue weighted by Gasteiger charge is 2.40. The molecule has 0 aliphatic heterocycles. The van der Waals surface area contributed by atoms with Crippen molar-refractivity contribution in [3.05, 3.63) is 466 Å². The first-order valence-corrected chi connectivity index (χ1v) is 36.8. The zero-order valence-corrected chi connectivity index (χ0v) is 58.7. The third-order valence-corrected chi connectivity index (χ3v) is 20.5. The maximum atomic E-state index is 4.21. The van der Waals surface area contributed by atoms with Crippen LogP contribution < -0.4 is 21.3 Å². The van der Waals surface area contributed by atoms with E-state index >= 15 is 0 Å². The summed E-state index contributed by atoms with van der Waals surface area (Å²) in [6.07, 6.45) is 3.80. The van der Waals surface area contributed by atoms with Crippen molar-refractivity contribution in [2.24, 2.45) is 0 Å². The van der Waals surface area contributed by atoms with Gasteiger partial charge in [-0.3, -0.25) is 31.1 Å². The summed E-state index contributed by atoms with van der Waals surface area (Å²) in [4.78, 5) is 5.38. The highest BCUT2D eigenvalue weighted by atomic mass is 15.1. The zero-order valence-electron chi connectivity index (χ0n) is 58.7. The molecule has 0 atom stereocenters. The molecular formula is C96H96N6. The Bertz CT molecular complexity index is 3530. The van der Waals surface area contributed by atoms with Gasteiger partial charge in [0.15, 0.2) is 0 Å². The van der Waals surface area contributed by atoms with Gasteiger partial charge in [0.1, 0.15) is 0 Å². The average molecular weight is 1330 g/mol. The van der Waals surface area contributed by atoms with E-state index in [1.807, 2.05) is 0 Å². The van der Waals surface area contributed by atoms with Crippen LogP contribution in [0.25, 0.3) is 0 Å². The number of hydrogen-bond acceptors (Lipinski definition) is 6. The Morgan fingerprint density at radius 1 is 0.167 bits per heavy atom. The van der Waals surface area contributed by atoms with Gasteiger partial charge >= 0.3 is 0 Å². The third-order valence-electron chi connectivity index (χ3n) is 20.5. The summed E-state index contributed by atoms with van der Waals surface area (Å²) in [6.45, 7) is 8.58. The molecule has 0 aliphatic rings. The number of nitrogens with zero attached hydrogens (tertiary/aromatic N) is 2. The van der Waals surface area contributed by atoms with E-state index in [4.69, 9.17) is 0 Å². The molecule has 4 N–H and O–H groups in total. The van der Waals surface area contributed by atoms with Crippen LogP contribution in [-0.4, -0.2) is 62.2 Å². The molecule has 0 amide bonds. The molecule has 0 aliphatic carbocycles. The third kappa shape index (κ3) is 16.3. The highest BCUT2D eigenvalue weighted by molar-refractivity contribution is 5.54. The maximum absolute atomic E-state index is 4.21. The lowest BCUT2D eigenvalue weighted by Crippen LogP contribution is -2.46. The van der Waals surface area contributed by atoms with Gasteiger partial charge in [-0.05, 0) is 156 Å². The van der Waals surface area contributed by atoms with Crippen molar-refractivity contribution in [2.75, 3.05) is 52.4 Å². The van der Waals surface area contributed by atoms with Gasteiger partial charge in [-0.15, -0.1) is 0 Å². The van der Waals surface area contributed by atoms with Crippen LogP contribution in [-0.2, 0) is 35.2 Å². The Labute approximate surface area is 606 Å². The summed E-state index contributed by atoms with van der Waals surface area (Å²) in [7, 11) is 0. The lowest BCUT2D eigenvalue weighted by Gasteiger charge is -2.38. The minimum Gasteiger partial charge on any atom is -0.300 e. The predicted molar refractivity (Wildman–Crippen MR) is 424 cm³/mol. The van der Waals surface area contributed by atoms with Crippen LogP contribution in [0.4, 0.5) is 0 Å². The van der Waals surface area contributed by atoms with E-state index in [-0.39, 0.29) is 0 Å². The summed E-state index contributed by atoms with van der Waals surface area (Å²) in [5.41, 5.74) is 15.2. The van der Waals surface area contributed by atoms with Gasteiger partial charge in [0.25, 0.3) is 0 Å². The fraction of sp³-hybridized carbons (Fsp3) is 0.188. The quantitative estimate of drug-likeness (QED) is 0.0232. The molecule has 0 saturated heterocycles. The number of hydrogen-bond donors (Lipinski definition) is 4. The second kappa shape index (κ2) is 35.3. The Morgan fingerprint density at radius 3 is 0.422 bits per heavy atom. The molecule has 0 bridgehead atoms. The van der Waals surface area contributed by atoms with E-state index in [0.29, 0.717) is 0 Å². The molecule has 0 aromatic heterocycles. The zero-order chi connectivity index (χ0) is 69.2. The molecule has 6 nitrogen and oxygen atoms in total. The summed E-state index contributed by atoms with van der Waals surface area (Å²) in [5, 5.41) is 16.9. The highest BCUT2D eigenvalue weighted by Crippen LogP contribution is 2.41. The molecule has 6 heteroatoms. The van der Waals surface area contributed by atoms with Crippen LogP contribution in [0.15, 0.2) is 388 Å². The first-order valence-electron chi connectivity index (χ1n) is 36.8. The molecule has 0 heterocycles. The fourth-order valence-corrected chi connectivity index (χ4v) is 15.6. The minimum absolute atomic E-state index is 0.543. The molecule has 0 spiro atoms. The molecule has 0 unspecified atom stereocenters. The van der Waals surface area contributed by atoms with Crippen molar-refractivity contribution < 1.29 is 0 Å². The first-order chi connectivity index (χ1) is 50.6. The maximum Gasteiger partial charge on any atom is 0.0947 e. The molecule has 13 rings (SSSR count). The SMILES string of the molecule is c1ccc(C(NCCCN(CCCNC(c2ccccc2)(c2ccccc2)c2ccccc2)Cc2ccc(CN(CCCNC(c3ccccc3)(c3ccccc3)c3ccccc3)CCCNC(c3ccccc3)(c3ccccc3)c3ccccc3)cc2)(c2ccccc2)c2ccccc2)cc1. The molecule has 0 saturated carbocycles. The van der Waals surface area contributed by atoms with Crippen LogP contribution in [0.5, 0.6) is 0 Å². The standard InChI is InChI=1S/C96H96N6/c1-13-41-81(42-14-1)93(82-43-15-2-16-44-82,83-45-17-3-18-46-83)97-69-37-73-101(74-38-70-98-94(84-47-19-4-20-48-84,85-49-21-5-22-50-85)86-51-23-6-24-52-86)77-79-65-67-80(68-66-79)78-102(75-39-71-99-95(87-53-25-7-26-54-87,88-55-27-8-28-56-88)89-57-29-9-30-58-89)76-40-72-100-96(90-59-31-10-32-60-90,91-61-33-11-34-62-91)92-63-35-12-36-64-92/h1-36,41-68,97-100H,37-40,69-78H2. The summed E-state index contributed by atoms with van der Waals surface area (Å²) >= 11 is 0. The van der Waals surface area contributed by atoms with Gasteiger partial charge in [-0.1, -0.05) is 388 Å². The monoisotopic (exact) mass is 1330 g/mol. The lowest BCUT2D eigenvalue weighted by atomic mass is 9.77. The van der Waals surface area contributed by atoms with Crippen molar-refractivity contribution in [3.63, 3.8) is 0 Å². The van der Waals surface area contributed by atoms with Crippen molar-refractivity contribution in [1.82, 2.24) is 31.1 Å². The van der Waals surface area contributed by atoms with E-state index in [1.165, 1.54) is 77.9 Å². The molecule has 13 aromatic carbocycles. The van der Waals surface area contributed by atoms with Crippen LogP contribution in [0, 0.1) is 0 Å². The van der Waals surface area contributed by atoms with E-state index < -0.39 is 22.2 Å². The van der Waals surface area contributed by atoms with Gasteiger partial charge in [-0.2, -0.15) is 0 Å². The molecule has 0 fully saturated rings. The molecule has 0 radical (unpaired) electrons. The number of nitrogens with one attached hydrogen (secondary N) is 4. The Balaban J connectivity index is 0.770. The molecular weight excluding hydrogens is 1240 g/mol. The van der Waals surface area contributed by atoms with E-state index in [0.717, 1.165) is 91.1 Å². The topological polar surface area (TPSA) is 54.6 Å². The Kier molecular flexibility index (Phi) is 24.2. The van der Waals surface area contributed by atoms with Crippen molar-refractivity contribution in [2.45, 2.75) is 60.9 Å². The lowest BCUT2D eigenvalue weighted by molar-refractivity contribution is 0.249. The van der Waals surface area contributed by atoms with Gasteiger partial charge in [0, 0.05) is 13.1 Å². The van der Waals surface area contributed by atoms with E-state index in [9.17, 15) is 0 Å². The number of rotatable bonds is 36. The summed E-state index contributed by atoms with van der Waals surface area (Å²) in [5.74, 6) is 0.